The molecule has 0 aliphatic rings. The molecule has 0 aliphatic carbocycles. The average molecular weight is 507 g/mol. The number of rotatable bonds is 7. The number of hydrogen-bond donors (Lipinski definition) is 2. The highest BCUT2D eigenvalue weighted by molar-refractivity contribution is 5.58. The van der Waals surface area contributed by atoms with Crippen LogP contribution in [-0.2, 0) is 16.4 Å². The van der Waals surface area contributed by atoms with Crippen molar-refractivity contribution in [3.63, 3.8) is 0 Å². The molecule has 3 rings (SSSR count). The molecule has 0 bridgehead atoms. The van der Waals surface area contributed by atoms with Gasteiger partial charge in [0, 0.05) is 28.9 Å². The van der Waals surface area contributed by atoms with Gasteiger partial charge in [-0.1, -0.05) is 55.4 Å². The molecule has 0 radical (unpaired) electrons. The lowest BCUT2D eigenvalue weighted by Gasteiger charge is -2.28. The van der Waals surface area contributed by atoms with Crippen LogP contribution in [0.3, 0.4) is 0 Å². The molecule has 0 aromatic carbocycles. The van der Waals surface area contributed by atoms with Crippen LogP contribution in [0.1, 0.15) is 134 Å². The van der Waals surface area contributed by atoms with E-state index < -0.39 is 5.60 Å². The first-order valence-electron chi connectivity index (χ1n) is 13.4. The van der Waals surface area contributed by atoms with Crippen LogP contribution < -0.4 is 0 Å². The van der Waals surface area contributed by atoms with Crippen molar-refractivity contribution in [3.8, 4) is 11.4 Å². The molecule has 37 heavy (non-hydrogen) atoms. The molecule has 202 valence electrons. The molecule has 0 fully saturated rings. The summed E-state index contributed by atoms with van der Waals surface area (Å²) in [7, 11) is 0. The SMILES string of the molecule is Cc1nc(C(C)(C)C)c(-c2ccn[nH]2)nc1C(C)CCC(C)c1nc(C)c(C(C)(C)C)nc1C(C)(C)O. The van der Waals surface area contributed by atoms with Gasteiger partial charge < -0.3 is 5.11 Å². The van der Waals surface area contributed by atoms with E-state index in [0.717, 1.165) is 58.4 Å². The zero-order valence-electron chi connectivity index (χ0n) is 24.9. The summed E-state index contributed by atoms with van der Waals surface area (Å²) in [5.41, 5.74) is 6.78. The molecule has 0 saturated heterocycles. The van der Waals surface area contributed by atoms with E-state index in [0.29, 0.717) is 5.69 Å². The van der Waals surface area contributed by atoms with E-state index in [1.165, 1.54) is 0 Å². The Morgan fingerprint density at radius 3 is 1.78 bits per heavy atom. The van der Waals surface area contributed by atoms with Crippen LogP contribution in [-0.4, -0.2) is 35.2 Å². The molecular formula is C30H46N6O. The van der Waals surface area contributed by atoms with Crippen molar-refractivity contribution in [1.29, 1.82) is 0 Å². The summed E-state index contributed by atoms with van der Waals surface area (Å²) in [5.74, 6) is 0.345. The highest BCUT2D eigenvalue weighted by Gasteiger charge is 2.31. The Bertz CT molecular complexity index is 1230. The van der Waals surface area contributed by atoms with Crippen LogP contribution in [0.15, 0.2) is 12.3 Å². The van der Waals surface area contributed by atoms with Crippen molar-refractivity contribution >= 4 is 0 Å². The number of aromatic nitrogens is 6. The molecular weight excluding hydrogens is 460 g/mol. The van der Waals surface area contributed by atoms with E-state index in [-0.39, 0.29) is 22.7 Å². The molecule has 0 spiro atoms. The third-order valence-electron chi connectivity index (χ3n) is 6.93. The Labute approximate surface area is 223 Å². The molecule has 0 aliphatic heterocycles. The normalized spacial score (nSPS) is 14.6. The van der Waals surface area contributed by atoms with Gasteiger partial charge in [-0.15, -0.1) is 0 Å². The molecule has 7 heteroatoms. The second-order valence-corrected chi connectivity index (χ2v) is 13.2. The molecule has 2 unspecified atom stereocenters. The van der Waals surface area contributed by atoms with Crippen LogP contribution in [0.25, 0.3) is 11.4 Å². The van der Waals surface area contributed by atoms with Crippen molar-refractivity contribution in [2.24, 2.45) is 0 Å². The summed E-state index contributed by atoms with van der Waals surface area (Å²) in [5, 5.41) is 18.2. The highest BCUT2D eigenvalue weighted by atomic mass is 16.3. The minimum absolute atomic E-state index is 0.137. The Morgan fingerprint density at radius 2 is 1.30 bits per heavy atom. The maximum atomic E-state index is 11.0. The Balaban J connectivity index is 1.92. The van der Waals surface area contributed by atoms with E-state index in [1.807, 2.05) is 13.0 Å². The Morgan fingerprint density at radius 1 is 0.730 bits per heavy atom. The molecule has 7 nitrogen and oxygen atoms in total. The van der Waals surface area contributed by atoms with Crippen molar-refractivity contribution in [3.05, 3.63) is 52.1 Å². The van der Waals surface area contributed by atoms with Gasteiger partial charge in [-0.2, -0.15) is 5.10 Å². The molecule has 3 aromatic rings. The maximum Gasteiger partial charge on any atom is 0.110 e. The lowest BCUT2D eigenvalue weighted by atomic mass is 9.86. The van der Waals surface area contributed by atoms with E-state index >= 15 is 0 Å². The zero-order valence-corrected chi connectivity index (χ0v) is 24.9. The molecule has 3 aromatic heterocycles. The summed E-state index contributed by atoms with van der Waals surface area (Å²) in [4.78, 5) is 20.1. The maximum absolute atomic E-state index is 11.0. The van der Waals surface area contributed by atoms with E-state index in [9.17, 15) is 5.11 Å². The summed E-state index contributed by atoms with van der Waals surface area (Å²) >= 11 is 0. The standard InChI is InChI=1S/C30H46N6O/c1-17(22-19(3)33-26(29(8,9)10)24(34-22)21-15-16-31-36-21)13-14-18(2)23-27(30(11,12)37)35-25(20(4)32-23)28(5,6)7/h15-18,37H,13-14H2,1-12H3,(H,31,36). The van der Waals surface area contributed by atoms with Crippen LogP contribution in [0.5, 0.6) is 0 Å². The van der Waals surface area contributed by atoms with Crippen LogP contribution >= 0.6 is 0 Å². The van der Waals surface area contributed by atoms with Gasteiger partial charge in [-0.3, -0.25) is 20.1 Å². The van der Waals surface area contributed by atoms with Gasteiger partial charge in [0.15, 0.2) is 0 Å². The topological polar surface area (TPSA) is 100 Å². The minimum atomic E-state index is -1.07. The Hall–Kier alpha value is -2.67. The minimum Gasteiger partial charge on any atom is -0.384 e. The first-order valence-corrected chi connectivity index (χ1v) is 13.4. The number of nitrogens with one attached hydrogen (secondary N) is 1. The molecule has 0 amide bonds. The van der Waals surface area contributed by atoms with Crippen LogP contribution in [0.2, 0.25) is 0 Å². The third kappa shape index (κ3) is 6.43. The molecule has 3 heterocycles. The smallest absolute Gasteiger partial charge is 0.110 e. The van der Waals surface area contributed by atoms with Gasteiger partial charge in [-0.25, -0.2) is 4.98 Å². The predicted molar refractivity (Wildman–Crippen MR) is 150 cm³/mol. The van der Waals surface area contributed by atoms with Crippen LogP contribution in [0, 0.1) is 13.8 Å². The lowest BCUT2D eigenvalue weighted by Crippen LogP contribution is -2.27. The van der Waals surface area contributed by atoms with Crippen molar-refractivity contribution in [2.45, 2.75) is 124 Å². The number of nitrogens with zero attached hydrogens (tertiary/aromatic N) is 5. The van der Waals surface area contributed by atoms with E-state index in [4.69, 9.17) is 19.9 Å². The number of aryl methyl sites for hydroxylation is 2. The number of hydrogen-bond acceptors (Lipinski definition) is 6. The summed E-state index contributed by atoms with van der Waals surface area (Å²) in [6.45, 7) is 25.0. The zero-order chi connectivity index (χ0) is 27.9. The first kappa shape index (κ1) is 28.9. The van der Waals surface area contributed by atoms with Crippen molar-refractivity contribution in [1.82, 2.24) is 30.1 Å². The van der Waals surface area contributed by atoms with Gasteiger partial charge in [0.05, 0.1) is 45.6 Å². The number of H-pyrrole nitrogens is 1. The van der Waals surface area contributed by atoms with Gasteiger partial charge in [0.1, 0.15) is 11.3 Å². The highest BCUT2D eigenvalue weighted by Crippen LogP contribution is 2.36. The van der Waals surface area contributed by atoms with Crippen molar-refractivity contribution in [2.75, 3.05) is 0 Å². The van der Waals surface area contributed by atoms with E-state index in [1.54, 1.807) is 20.0 Å². The third-order valence-corrected chi connectivity index (χ3v) is 6.93. The summed E-state index contributed by atoms with van der Waals surface area (Å²) in [6, 6.07) is 1.95. The quantitative estimate of drug-likeness (QED) is 0.366. The van der Waals surface area contributed by atoms with Gasteiger partial charge in [0.25, 0.3) is 0 Å². The predicted octanol–water partition coefficient (Wildman–Crippen LogP) is 6.78. The number of aliphatic hydroxyl groups is 1. The molecule has 0 saturated carbocycles. The molecule has 2 atom stereocenters. The fourth-order valence-corrected chi connectivity index (χ4v) is 4.91. The summed E-state index contributed by atoms with van der Waals surface area (Å²) in [6.07, 6.45) is 3.57. The Kier molecular flexibility index (Phi) is 8.00. The second kappa shape index (κ2) is 10.2. The molecule has 2 N–H and O–H groups in total. The monoisotopic (exact) mass is 506 g/mol. The second-order valence-electron chi connectivity index (χ2n) is 13.2. The van der Waals surface area contributed by atoms with Crippen molar-refractivity contribution < 1.29 is 5.11 Å². The largest absolute Gasteiger partial charge is 0.384 e. The van der Waals surface area contributed by atoms with Gasteiger partial charge in [0.2, 0.25) is 0 Å². The van der Waals surface area contributed by atoms with E-state index in [2.05, 4.69) is 72.5 Å². The summed E-state index contributed by atoms with van der Waals surface area (Å²) < 4.78 is 0. The fourth-order valence-electron chi connectivity index (χ4n) is 4.91. The van der Waals surface area contributed by atoms with Crippen LogP contribution in [0.4, 0.5) is 0 Å². The van der Waals surface area contributed by atoms with Gasteiger partial charge >= 0.3 is 0 Å². The first-order chi connectivity index (χ1) is 16.9. The average Bonchev–Trinajstić information content (AvgIpc) is 3.29. The fraction of sp³-hybridized carbons (Fsp3) is 0.633. The lowest BCUT2D eigenvalue weighted by molar-refractivity contribution is 0.0712. The van der Waals surface area contributed by atoms with Gasteiger partial charge in [-0.05, 0) is 46.6 Å². The number of aromatic amines is 1.